The fraction of sp³-hybridized carbons (Fsp3) is 0.462. The van der Waals surface area contributed by atoms with E-state index in [2.05, 4.69) is 17.4 Å². The second-order valence-corrected chi connectivity index (χ2v) is 4.41. The van der Waals surface area contributed by atoms with Crippen LogP contribution in [-0.4, -0.2) is 18.5 Å². The van der Waals surface area contributed by atoms with Gasteiger partial charge in [-0.1, -0.05) is 30.3 Å². The molecule has 86 valence electrons. The molecule has 0 aromatic heterocycles. The Hall–Kier alpha value is -1.35. The first-order valence-corrected chi connectivity index (χ1v) is 5.83. The summed E-state index contributed by atoms with van der Waals surface area (Å²) in [6.07, 6.45) is 3.36. The molecule has 16 heavy (non-hydrogen) atoms. The molecular formula is C13H18N2O. The van der Waals surface area contributed by atoms with Gasteiger partial charge in [0.15, 0.2) is 0 Å². The van der Waals surface area contributed by atoms with Gasteiger partial charge in [-0.2, -0.15) is 0 Å². The van der Waals surface area contributed by atoms with Gasteiger partial charge in [0.05, 0.1) is 6.54 Å². The fourth-order valence-corrected chi connectivity index (χ4v) is 1.97. The molecule has 3 heteroatoms. The third kappa shape index (κ3) is 3.07. The molecule has 0 spiro atoms. The number of carbonyl (C=O) groups is 1. The summed E-state index contributed by atoms with van der Waals surface area (Å²) in [6.45, 7) is 0.0814. The van der Waals surface area contributed by atoms with Crippen molar-refractivity contribution in [2.24, 2.45) is 11.7 Å². The Kier molecular flexibility index (Phi) is 3.57. The fourth-order valence-electron chi connectivity index (χ4n) is 1.97. The van der Waals surface area contributed by atoms with Gasteiger partial charge >= 0.3 is 0 Å². The summed E-state index contributed by atoms with van der Waals surface area (Å²) in [7, 11) is 0. The molecule has 0 heterocycles. The summed E-state index contributed by atoms with van der Waals surface area (Å²) in [5.74, 6) is 0.600. The zero-order valence-corrected chi connectivity index (χ0v) is 9.36. The Bertz CT molecular complexity index is 346. The van der Waals surface area contributed by atoms with Crippen LogP contribution in [0.2, 0.25) is 0 Å². The monoisotopic (exact) mass is 218 g/mol. The SMILES string of the molecule is NCC(=O)NC(Cc1ccccc1)C1CC1. The van der Waals surface area contributed by atoms with Crippen LogP contribution in [0.25, 0.3) is 0 Å². The van der Waals surface area contributed by atoms with E-state index < -0.39 is 0 Å². The van der Waals surface area contributed by atoms with Crippen LogP contribution in [0.15, 0.2) is 30.3 Å². The third-order valence-corrected chi connectivity index (χ3v) is 3.02. The molecule has 1 aromatic rings. The van der Waals surface area contributed by atoms with Crippen molar-refractivity contribution in [3.05, 3.63) is 35.9 Å². The molecule has 1 saturated carbocycles. The second kappa shape index (κ2) is 5.12. The van der Waals surface area contributed by atoms with E-state index in [0.717, 1.165) is 6.42 Å². The molecule has 1 atom stereocenters. The second-order valence-electron chi connectivity index (χ2n) is 4.41. The largest absolute Gasteiger partial charge is 0.352 e. The Morgan fingerprint density at radius 3 is 2.62 bits per heavy atom. The van der Waals surface area contributed by atoms with Gasteiger partial charge in [-0.15, -0.1) is 0 Å². The van der Waals surface area contributed by atoms with E-state index in [0.29, 0.717) is 5.92 Å². The highest BCUT2D eigenvalue weighted by atomic mass is 16.1. The lowest BCUT2D eigenvalue weighted by atomic mass is 10.0. The summed E-state index contributed by atoms with van der Waals surface area (Å²) in [6, 6.07) is 10.5. The molecule has 1 aromatic carbocycles. The number of carbonyl (C=O) groups excluding carboxylic acids is 1. The van der Waals surface area contributed by atoms with Gasteiger partial charge in [0, 0.05) is 6.04 Å². The van der Waals surface area contributed by atoms with Crippen molar-refractivity contribution in [3.8, 4) is 0 Å². The average molecular weight is 218 g/mol. The Morgan fingerprint density at radius 1 is 1.38 bits per heavy atom. The number of hydrogen-bond acceptors (Lipinski definition) is 2. The minimum absolute atomic E-state index is 0.0483. The normalized spacial score (nSPS) is 16.8. The Morgan fingerprint density at radius 2 is 2.06 bits per heavy atom. The van der Waals surface area contributed by atoms with E-state index >= 15 is 0 Å². The molecule has 3 N–H and O–H groups in total. The molecule has 0 radical (unpaired) electrons. The predicted molar refractivity (Wildman–Crippen MR) is 63.9 cm³/mol. The van der Waals surface area contributed by atoms with Gasteiger partial charge in [-0.25, -0.2) is 0 Å². The van der Waals surface area contributed by atoms with Crippen LogP contribution in [0.3, 0.4) is 0 Å². The van der Waals surface area contributed by atoms with Gasteiger partial charge in [0.25, 0.3) is 0 Å². The zero-order valence-electron chi connectivity index (χ0n) is 9.36. The van der Waals surface area contributed by atoms with Crippen LogP contribution >= 0.6 is 0 Å². The highest BCUT2D eigenvalue weighted by molar-refractivity contribution is 5.78. The highest BCUT2D eigenvalue weighted by Gasteiger charge is 2.31. The van der Waals surface area contributed by atoms with Crippen LogP contribution in [0.4, 0.5) is 0 Å². The van der Waals surface area contributed by atoms with E-state index in [1.165, 1.54) is 18.4 Å². The lowest BCUT2D eigenvalue weighted by Crippen LogP contribution is -2.41. The predicted octanol–water partition coefficient (Wildman–Crippen LogP) is 1.08. The number of nitrogens with two attached hydrogens (primary N) is 1. The lowest BCUT2D eigenvalue weighted by molar-refractivity contribution is -0.120. The molecular weight excluding hydrogens is 200 g/mol. The smallest absolute Gasteiger partial charge is 0.233 e. The first kappa shape index (κ1) is 11.1. The molecule has 1 aliphatic carbocycles. The number of hydrogen-bond donors (Lipinski definition) is 2. The Balaban J connectivity index is 1.95. The highest BCUT2D eigenvalue weighted by Crippen LogP contribution is 2.34. The van der Waals surface area contributed by atoms with Crippen molar-refractivity contribution in [2.45, 2.75) is 25.3 Å². The molecule has 3 nitrogen and oxygen atoms in total. The van der Waals surface area contributed by atoms with Crippen molar-refractivity contribution < 1.29 is 4.79 Å². The van der Waals surface area contributed by atoms with Gasteiger partial charge < -0.3 is 11.1 Å². The summed E-state index contributed by atoms with van der Waals surface area (Å²) in [5, 5.41) is 3.01. The van der Waals surface area contributed by atoms with E-state index in [-0.39, 0.29) is 18.5 Å². The number of amides is 1. The third-order valence-electron chi connectivity index (χ3n) is 3.02. The molecule has 1 aliphatic rings. The maximum absolute atomic E-state index is 11.3. The lowest BCUT2D eigenvalue weighted by Gasteiger charge is -2.17. The summed E-state index contributed by atoms with van der Waals surface area (Å²) >= 11 is 0. The minimum Gasteiger partial charge on any atom is -0.352 e. The van der Waals surface area contributed by atoms with Crippen molar-refractivity contribution in [3.63, 3.8) is 0 Å². The molecule has 1 fully saturated rings. The summed E-state index contributed by atoms with van der Waals surface area (Å²) in [4.78, 5) is 11.3. The molecule has 0 aliphatic heterocycles. The van der Waals surface area contributed by atoms with Gasteiger partial charge in [0.2, 0.25) is 5.91 Å². The number of benzene rings is 1. The van der Waals surface area contributed by atoms with E-state index in [1.807, 2.05) is 18.2 Å². The maximum Gasteiger partial charge on any atom is 0.233 e. The van der Waals surface area contributed by atoms with E-state index in [4.69, 9.17) is 5.73 Å². The number of rotatable bonds is 5. The van der Waals surface area contributed by atoms with E-state index in [9.17, 15) is 4.79 Å². The van der Waals surface area contributed by atoms with Crippen LogP contribution in [0.5, 0.6) is 0 Å². The zero-order chi connectivity index (χ0) is 11.4. The van der Waals surface area contributed by atoms with Crippen molar-refractivity contribution in [1.29, 1.82) is 0 Å². The molecule has 0 saturated heterocycles. The van der Waals surface area contributed by atoms with Crippen LogP contribution in [-0.2, 0) is 11.2 Å². The maximum atomic E-state index is 11.3. The number of nitrogens with one attached hydrogen (secondary N) is 1. The van der Waals surface area contributed by atoms with Crippen LogP contribution in [0, 0.1) is 5.92 Å². The van der Waals surface area contributed by atoms with Gasteiger partial charge in [-0.05, 0) is 30.7 Å². The summed E-state index contributed by atoms with van der Waals surface area (Å²) < 4.78 is 0. The first-order chi connectivity index (χ1) is 7.79. The molecule has 2 rings (SSSR count). The topological polar surface area (TPSA) is 55.1 Å². The van der Waals surface area contributed by atoms with Crippen molar-refractivity contribution >= 4 is 5.91 Å². The van der Waals surface area contributed by atoms with Gasteiger partial charge in [-0.3, -0.25) is 4.79 Å². The minimum atomic E-state index is -0.0483. The van der Waals surface area contributed by atoms with E-state index in [1.54, 1.807) is 0 Å². The standard InChI is InChI=1S/C13H18N2O/c14-9-13(16)15-12(11-6-7-11)8-10-4-2-1-3-5-10/h1-5,11-12H,6-9,14H2,(H,15,16). The molecule has 1 unspecified atom stereocenters. The van der Waals surface area contributed by atoms with Crippen LogP contribution < -0.4 is 11.1 Å². The van der Waals surface area contributed by atoms with Crippen LogP contribution in [0.1, 0.15) is 18.4 Å². The Labute approximate surface area is 96.0 Å². The first-order valence-electron chi connectivity index (χ1n) is 5.83. The van der Waals surface area contributed by atoms with Gasteiger partial charge in [0.1, 0.15) is 0 Å². The molecule has 1 amide bonds. The molecule has 0 bridgehead atoms. The summed E-state index contributed by atoms with van der Waals surface area (Å²) in [5.41, 5.74) is 6.60. The average Bonchev–Trinajstić information content (AvgIpc) is 3.13. The van der Waals surface area contributed by atoms with Crippen molar-refractivity contribution in [2.75, 3.05) is 6.54 Å². The quantitative estimate of drug-likeness (QED) is 0.777. The van der Waals surface area contributed by atoms with Crippen molar-refractivity contribution in [1.82, 2.24) is 5.32 Å².